The van der Waals surface area contributed by atoms with Crippen molar-refractivity contribution in [1.82, 2.24) is 10.6 Å². The van der Waals surface area contributed by atoms with Crippen LogP contribution in [0.5, 0.6) is 0 Å². The van der Waals surface area contributed by atoms with Crippen LogP contribution in [0.4, 0.5) is 0 Å². The molecule has 2 rings (SSSR count). The summed E-state index contributed by atoms with van der Waals surface area (Å²) in [6.45, 7) is 5.71. The van der Waals surface area contributed by atoms with Crippen molar-refractivity contribution < 1.29 is 4.79 Å². The van der Waals surface area contributed by atoms with Gasteiger partial charge in [-0.05, 0) is 42.0 Å². The first-order valence-corrected chi connectivity index (χ1v) is 8.14. The van der Waals surface area contributed by atoms with Crippen LogP contribution in [0, 0.1) is 5.92 Å². The first-order chi connectivity index (χ1) is 9.56. The van der Waals surface area contributed by atoms with E-state index in [1.807, 2.05) is 0 Å². The normalized spacial score (nSPS) is 17.3. The molecule has 0 aromatic heterocycles. The standard InChI is InChI=1S/C16H23BrN2O/c1-11(2)10-19-16(20)7-8-18-15-6-3-12-9-13(17)4-5-14(12)15/h4-5,9,11,15,18H,3,6-8,10H2,1-2H3,(H,19,20). The summed E-state index contributed by atoms with van der Waals surface area (Å²) >= 11 is 3.51. The molecule has 110 valence electrons. The Hall–Kier alpha value is -0.870. The number of nitrogens with one attached hydrogen (secondary N) is 2. The number of amides is 1. The highest BCUT2D eigenvalue weighted by atomic mass is 79.9. The van der Waals surface area contributed by atoms with Crippen LogP contribution in [-0.4, -0.2) is 19.0 Å². The van der Waals surface area contributed by atoms with Crippen LogP contribution in [0.1, 0.15) is 43.9 Å². The van der Waals surface area contributed by atoms with Crippen molar-refractivity contribution in [2.45, 2.75) is 39.2 Å². The van der Waals surface area contributed by atoms with Gasteiger partial charge in [0.25, 0.3) is 0 Å². The zero-order valence-corrected chi connectivity index (χ0v) is 13.8. The fourth-order valence-electron chi connectivity index (χ4n) is 2.56. The number of fused-ring (bicyclic) bond motifs is 1. The van der Waals surface area contributed by atoms with Gasteiger partial charge in [-0.25, -0.2) is 0 Å². The highest BCUT2D eigenvalue weighted by Crippen LogP contribution is 2.32. The Balaban J connectivity index is 1.75. The summed E-state index contributed by atoms with van der Waals surface area (Å²) < 4.78 is 1.14. The topological polar surface area (TPSA) is 41.1 Å². The van der Waals surface area contributed by atoms with E-state index in [2.05, 4.69) is 58.6 Å². The van der Waals surface area contributed by atoms with E-state index >= 15 is 0 Å². The van der Waals surface area contributed by atoms with Crippen LogP contribution in [0.25, 0.3) is 0 Å². The summed E-state index contributed by atoms with van der Waals surface area (Å²) in [5.41, 5.74) is 2.80. The summed E-state index contributed by atoms with van der Waals surface area (Å²) in [6, 6.07) is 6.87. The molecule has 1 atom stereocenters. The molecule has 0 fully saturated rings. The number of rotatable bonds is 6. The number of benzene rings is 1. The molecule has 0 saturated carbocycles. The number of hydrogen-bond donors (Lipinski definition) is 2. The van der Waals surface area contributed by atoms with Crippen LogP contribution in [0.2, 0.25) is 0 Å². The highest BCUT2D eigenvalue weighted by molar-refractivity contribution is 9.10. The molecular formula is C16H23BrN2O. The number of halogens is 1. The van der Waals surface area contributed by atoms with Crippen molar-refractivity contribution in [3.63, 3.8) is 0 Å². The second-order valence-corrected chi connectivity index (χ2v) is 6.75. The van der Waals surface area contributed by atoms with E-state index in [1.165, 1.54) is 11.1 Å². The van der Waals surface area contributed by atoms with Crippen LogP contribution in [-0.2, 0) is 11.2 Å². The molecule has 4 heteroatoms. The Kier molecular flexibility index (Phi) is 5.61. The molecule has 1 aromatic rings. The zero-order chi connectivity index (χ0) is 14.5. The quantitative estimate of drug-likeness (QED) is 0.836. The number of carbonyl (C=O) groups excluding carboxylic acids is 1. The summed E-state index contributed by atoms with van der Waals surface area (Å²) in [5, 5.41) is 6.45. The average Bonchev–Trinajstić information content (AvgIpc) is 2.79. The zero-order valence-electron chi connectivity index (χ0n) is 12.2. The molecule has 20 heavy (non-hydrogen) atoms. The lowest BCUT2D eigenvalue weighted by Crippen LogP contribution is -2.31. The van der Waals surface area contributed by atoms with Gasteiger partial charge in [-0.2, -0.15) is 0 Å². The Labute approximate surface area is 129 Å². The second kappa shape index (κ2) is 7.23. The van der Waals surface area contributed by atoms with Crippen molar-refractivity contribution in [2.24, 2.45) is 5.92 Å². The van der Waals surface area contributed by atoms with E-state index in [0.29, 0.717) is 18.4 Å². The van der Waals surface area contributed by atoms with Crippen LogP contribution >= 0.6 is 15.9 Å². The predicted octanol–water partition coefficient (Wildman–Crippen LogP) is 3.19. The Morgan fingerprint density at radius 1 is 1.45 bits per heavy atom. The fourth-order valence-corrected chi connectivity index (χ4v) is 2.97. The molecule has 0 bridgehead atoms. The number of aryl methyl sites for hydroxylation is 1. The van der Waals surface area contributed by atoms with Gasteiger partial charge >= 0.3 is 0 Å². The van der Waals surface area contributed by atoms with Crippen LogP contribution < -0.4 is 10.6 Å². The third-order valence-corrected chi connectivity index (χ3v) is 4.13. The maximum Gasteiger partial charge on any atom is 0.221 e. The van der Waals surface area contributed by atoms with Gasteiger partial charge in [-0.3, -0.25) is 4.79 Å². The molecule has 2 N–H and O–H groups in total. The maximum absolute atomic E-state index is 11.7. The molecular weight excluding hydrogens is 316 g/mol. The second-order valence-electron chi connectivity index (χ2n) is 5.84. The first-order valence-electron chi connectivity index (χ1n) is 7.34. The van der Waals surface area contributed by atoms with E-state index in [9.17, 15) is 4.79 Å². The van der Waals surface area contributed by atoms with E-state index in [4.69, 9.17) is 0 Å². The highest BCUT2D eigenvalue weighted by Gasteiger charge is 2.21. The van der Waals surface area contributed by atoms with Crippen molar-refractivity contribution in [3.05, 3.63) is 33.8 Å². The number of hydrogen-bond acceptors (Lipinski definition) is 2. The van der Waals surface area contributed by atoms with Crippen molar-refractivity contribution in [2.75, 3.05) is 13.1 Å². The number of carbonyl (C=O) groups is 1. The monoisotopic (exact) mass is 338 g/mol. The third kappa shape index (κ3) is 4.32. The van der Waals surface area contributed by atoms with E-state index in [0.717, 1.165) is 30.4 Å². The van der Waals surface area contributed by atoms with Gasteiger partial charge in [0, 0.05) is 30.0 Å². The summed E-state index contributed by atoms with van der Waals surface area (Å²) in [4.78, 5) is 11.7. The maximum atomic E-state index is 11.7. The van der Waals surface area contributed by atoms with Crippen LogP contribution in [0.3, 0.4) is 0 Å². The molecule has 0 heterocycles. The molecule has 1 unspecified atom stereocenters. The summed E-state index contributed by atoms with van der Waals surface area (Å²) in [5.74, 6) is 0.646. The molecule has 1 aromatic carbocycles. The molecule has 1 amide bonds. The van der Waals surface area contributed by atoms with E-state index in [-0.39, 0.29) is 5.91 Å². The van der Waals surface area contributed by atoms with Crippen molar-refractivity contribution in [3.8, 4) is 0 Å². The summed E-state index contributed by atoms with van der Waals surface area (Å²) in [6.07, 6.45) is 2.79. The first kappa shape index (κ1) is 15.5. The van der Waals surface area contributed by atoms with Gasteiger partial charge in [0.1, 0.15) is 0 Å². The minimum atomic E-state index is 0.139. The Morgan fingerprint density at radius 2 is 2.25 bits per heavy atom. The van der Waals surface area contributed by atoms with Gasteiger partial charge < -0.3 is 10.6 Å². The molecule has 1 aliphatic carbocycles. The van der Waals surface area contributed by atoms with Gasteiger partial charge in [0.15, 0.2) is 0 Å². The lowest BCUT2D eigenvalue weighted by Gasteiger charge is -2.14. The van der Waals surface area contributed by atoms with Crippen LogP contribution in [0.15, 0.2) is 22.7 Å². The predicted molar refractivity (Wildman–Crippen MR) is 85.7 cm³/mol. The molecule has 0 aliphatic heterocycles. The van der Waals surface area contributed by atoms with Crippen molar-refractivity contribution >= 4 is 21.8 Å². The fraction of sp³-hybridized carbons (Fsp3) is 0.562. The van der Waals surface area contributed by atoms with E-state index < -0.39 is 0 Å². The van der Waals surface area contributed by atoms with E-state index in [1.54, 1.807) is 0 Å². The van der Waals surface area contributed by atoms with Gasteiger partial charge in [-0.1, -0.05) is 35.8 Å². The largest absolute Gasteiger partial charge is 0.356 e. The van der Waals surface area contributed by atoms with Gasteiger partial charge in [-0.15, -0.1) is 0 Å². The smallest absolute Gasteiger partial charge is 0.221 e. The molecule has 1 aliphatic rings. The Bertz CT molecular complexity index is 474. The lowest BCUT2D eigenvalue weighted by atomic mass is 10.1. The molecule has 3 nitrogen and oxygen atoms in total. The summed E-state index contributed by atoms with van der Waals surface area (Å²) in [7, 11) is 0. The van der Waals surface area contributed by atoms with Gasteiger partial charge in [0.2, 0.25) is 5.91 Å². The minimum absolute atomic E-state index is 0.139. The third-order valence-electron chi connectivity index (χ3n) is 3.63. The SMILES string of the molecule is CC(C)CNC(=O)CCNC1CCc2cc(Br)ccc21. The van der Waals surface area contributed by atoms with Crippen molar-refractivity contribution in [1.29, 1.82) is 0 Å². The lowest BCUT2D eigenvalue weighted by molar-refractivity contribution is -0.121. The molecule has 0 spiro atoms. The molecule has 0 radical (unpaired) electrons. The minimum Gasteiger partial charge on any atom is -0.356 e. The van der Waals surface area contributed by atoms with Gasteiger partial charge in [0.05, 0.1) is 0 Å². The average molecular weight is 339 g/mol. The molecule has 0 saturated heterocycles. The Morgan fingerprint density at radius 3 is 3.00 bits per heavy atom.